The number of anilines is 3. The molecule has 5 nitrogen and oxygen atoms in total. The SMILES string of the molecule is Nc1cc([N+](=O)[O-])ccc1Nc1cccc(F)c1F. The van der Waals surface area contributed by atoms with Crippen molar-refractivity contribution in [3.8, 4) is 0 Å². The van der Waals surface area contributed by atoms with E-state index in [1.165, 1.54) is 24.3 Å². The van der Waals surface area contributed by atoms with E-state index in [1.54, 1.807) is 0 Å². The van der Waals surface area contributed by atoms with Gasteiger partial charge in [0.25, 0.3) is 5.69 Å². The molecule has 0 unspecified atom stereocenters. The first-order chi connectivity index (χ1) is 8.99. The molecule has 0 fully saturated rings. The number of halogens is 2. The molecular weight excluding hydrogens is 256 g/mol. The van der Waals surface area contributed by atoms with Gasteiger partial charge in [0.1, 0.15) is 0 Å². The molecule has 98 valence electrons. The maximum absolute atomic E-state index is 13.4. The molecule has 7 heteroatoms. The summed E-state index contributed by atoms with van der Waals surface area (Å²) in [4.78, 5) is 9.95. The van der Waals surface area contributed by atoms with Crippen molar-refractivity contribution >= 4 is 22.7 Å². The van der Waals surface area contributed by atoms with Gasteiger partial charge in [0.15, 0.2) is 11.6 Å². The Balaban J connectivity index is 2.34. The number of non-ortho nitro benzene ring substituents is 1. The molecule has 3 N–H and O–H groups in total. The minimum atomic E-state index is -1.04. The van der Waals surface area contributed by atoms with E-state index in [-0.39, 0.29) is 22.7 Å². The van der Waals surface area contributed by atoms with Crippen LogP contribution in [0.3, 0.4) is 0 Å². The Hall–Kier alpha value is -2.70. The van der Waals surface area contributed by atoms with Gasteiger partial charge in [-0.1, -0.05) is 6.07 Å². The Kier molecular flexibility index (Phi) is 3.28. The largest absolute Gasteiger partial charge is 0.397 e. The highest BCUT2D eigenvalue weighted by Gasteiger charge is 2.12. The Morgan fingerprint density at radius 2 is 1.89 bits per heavy atom. The maximum atomic E-state index is 13.4. The summed E-state index contributed by atoms with van der Waals surface area (Å²) in [6.45, 7) is 0. The summed E-state index contributed by atoms with van der Waals surface area (Å²) in [6, 6.07) is 7.34. The zero-order valence-corrected chi connectivity index (χ0v) is 9.56. The highest BCUT2D eigenvalue weighted by molar-refractivity contribution is 5.74. The Morgan fingerprint density at radius 3 is 2.53 bits per heavy atom. The van der Waals surface area contributed by atoms with E-state index in [9.17, 15) is 18.9 Å². The normalized spacial score (nSPS) is 10.2. The summed E-state index contributed by atoms with van der Waals surface area (Å²) in [5.41, 5.74) is 5.66. The van der Waals surface area contributed by atoms with Crippen LogP contribution in [0.15, 0.2) is 36.4 Å². The number of benzene rings is 2. The number of hydrogen-bond acceptors (Lipinski definition) is 4. The lowest BCUT2D eigenvalue weighted by molar-refractivity contribution is -0.384. The number of nitrogens with one attached hydrogen (secondary N) is 1. The van der Waals surface area contributed by atoms with E-state index < -0.39 is 16.6 Å². The van der Waals surface area contributed by atoms with Crippen LogP contribution < -0.4 is 11.1 Å². The number of nitro benzene ring substituents is 1. The number of nitrogen functional groups attached to an aromatic ring is 1. The highest BCUT2D eigenvalue weighted by atomic mass is 19.2. The van der Waals surface area contributed by atoms with E-state index in [4.69, 9.17) is 5.73 Å². The number of nitrogens with two attached hydrogens (primary N) is 1. The summed E-state index contributed by atoms with van der Waals surface area (Å²) < 4.78 is 26.5. The van der Waals surface area contributed by atoms with Gasteiger partial charge in [-0.05, 0) is 18.2 Å². The fourth-order valence-corrected chi connectivity index (χ4v) is 1.52. The van der Waals surface area contributed by atoms with Crippen molar-refractivity contribution in [3.05, 3.63) is 58.1 Å². The van der Waals surface area contributed by atoms with Gasteiger partial charge in [-0.2, -0.15) is 0 Å². The van der Waals surface area contributed by atoms with Gasteiger partial charge in [0.2, 0.25) is 0 Å². The molecule has 0 radical (unpaired) electrons. The maximum Gasteiger partial charge on any atom is 0.271 e. The first-order valence-electron chi connectivity index (χ1n) is 5.24. The average Bonchev–Trinajstić information content (AvgIpc) is 2.37. The number of nitro groups is 1. The van der Waals surface area contributed by atoms with Crippen molar-refractivity contribution < 1.29 is 13.7 Å². The van der Waals surface area contributed by atoms with Gasteiger partial charge in [-0.25, -0.2) is 8.78 Å². The molecule has 0 atom stereocenters. The molecule has 2 aromatic rings. The molecule has 0 aliphatic heterocycles. The van der Waals surface area contributed by atoms with Crippen molar-refractivity contribution in [2.24, 2.45) is 0 Å². The number of hydrogen-bond donors (Lipinski definition) is 2. The summed E-state index contributed by atoms with van der Waals surface area (Å²) >= 11 is 0. The van der Waals surface area contributed by atoms with E-state index in [2.05, 4.69) is 5.32 Å². The Labute approximate surface area is 106 Å². The molecule has 0 aliphatic carbocycles. The lowest BCUT2D eigenvalue weighted by Gasteiger charge is -2.10. The zero-order chi connectivity index (χ0) is 14.0. The number of nitrogens with zero attached hydrogens (tertiary/aromatic N) is 1. The second-order valence-electron chi connectivity index (χ2n) is 3.76. The molecule has 0 saturated carbocycles. The molecule has 0 saturated heterocycles. The third-order valence-electron chi connectivity index (χ3n) is 2.47. The monoisotopic (exact) mass is 265 g/mol. The standard InChI is InChI=1S/C12H9F2N3O2/c13-8-2-1-3-11(12(8)14)16-10-5-4-7(17(18)19)6-9(10)15/h1-6,16H,15H2. The first-order valence-corrected chi connectivity index (χ1v) is 5.24. The second-order valence-corrected chi connectivity index (χ2v) is 3.76. The van der Waals surface area contributed by atoms with E-state index >= 15 is 0 Å². The van der Waals surface area contributed by atoms with Crippen LogP contribution in [0.2, 0.25) is 0 Å². The molecule has 0 amide bonds. The van der Waals surface area contributed by atoms with Gasteiger partial charge < -0.3 is 11.1 Å². The molecule has 19 heavy (non-hydrogen) atoms. The Bertz CT molecular complexity index is 647. The molecule has 0 aromatic heterocycles. The Morgan fingerprint density at radius 1 is 1.16 bits per heavy atom. The van der Waals surface area contributed by atoms with Crippen LogP contribution in [0.4, 0.5) is 31.5 Å². The van der Waals surface area contributed by atoms with Crippen LogP contribution in [0.25, 0.3) is 0 Å². The summed E-state index contributed by atoms with van der Waals surface area (Å²) in [6.07, 6.45) is 0. The molecule has 0 aliphatic rings. The van der Waals surface area contributed by atoms with Crippen molar-refractivity contribution in [2.45, 2.75) is 0 Å². The molecule has 2 aromatic carbocycles. The van der Waals surface area contributed by atoms with Gasteiger partial charge in [-0.3, -0.25) is 10.1 Å². The average molecular weight is 265 g/mol. The predicted octanol–water partition coefficient (Wildman–Crippen LogP) is 3.20. The quantitative estimate of drug-likeness (QED) is 0.507. The van der Waals surface area contributed by atoms with Crippen molar-refractivity contribution in [2.75, 3.05) is 11.1 Å². The van der Waals surface area contributed by atoms with Crippen molar-refractivity contribution in [3.63, 3.8) is 0 Å². The fraction of sp³-hybridized carbons (Fsp3) is 0. The van der Waals surface area contributed by atoms with Crippen molar-refractivity contribution in [1.29, 1.82) is 0 Å². The van der Waals surface area contributed by atoms with E-state index in [1.807, 2.05) is 0 Å². The third-order valence-corrected chi connectivity index (χ3v) is 2.47. The van der Waals surface area contributed by atoms with Gasteiger partial charge in [0, 0.05) is 12.1 Å². The van der Waals surface area contributed by atoms with Crippen LogP contribution in [-0.4, -0.2) is 4.92 Å². The molecule has 2 rings (SSSR count). The van der Waals surface area contributed by atoms with E-state index in [0.717, 1.165) is 12.1 Å². The molecule has 0 bridgehead atoms. The number of rotatable bonds is 3. The predicted molar refractivity (Wildman–Crippen MR) is 67.1 cm³/mol. The van der Waals surface area contributed by atoms with Crippen LogP contribution in [-0.2, 0) is 0 Å². The molecule has 0 spiro atoms. The summed E-state index contributed by atoms with van der Waals surface area (Å²) in [7, 11) is 0. The highest BCUT2D eigenvalue weighted by Crippen LogP contribution is 2.28. The zero-order valence-electron chi connectivity index (χ0n) is 9.56. The summed E-state index contributed by atoms with van der Waals surface area (Å²) in [5, 5.41) is 13.1. The smallest absolute Gasteiger partial charge is 0.271 e. The lowest BCUT2D eigenvalue weighted by Crippen LogP contribution is -2.00. The van der Waals surface area contributed by atoms with Gasteiger partial charge >= 0.3 is 0 Å². The summed E-state index contributed by atoms with van der Waals surface area (Å²) in [5.74, 6) is -2.04. The molecule has 0 heterocycles. The van der Waals surface area contributed by atoms with Crippen LogP contribution >= 0.6 is 0 Å². The van der Waals surface area contributed by atoms with Crippen LogP contribution in [0, 0.1) is 21.7 Å². The van der Waals surface area contributed by atoms with Gasteiger partial charge in [-0.15, -0.1) is 0 Å². The topological polar surface area (TPSA) is 81.2 Å². The van der Waals surface area contributed by atoms with Crippen LogP contribution in [0.1, 0.15) is 0 Å². The fourth-order valence-electron chi connectivity index (χ4n) is 1.52. The lowest BCUT2D eigenvalue weighted by atomic mass is 10.2. The minimum absolute atomic E-state index is 0.0675. The minimum Gasteiger partial charge on any atom is -0.397 e. The van der Waals surface area contributed by atoms with Crippen LogP contribution in [0.5, 0.6) is 0 Å². The second kappa shape index (κ2) is 4.89. The first kappa shape index (κ1) is 12.7. The third kappa shape index (κ3) is 2.59. The van der Waals surface area contributed by atoms with Gasteiger partial charge in [0.05, 0.1) is 22.0 Å². The van der Waals surface area contributed by atoms with Crippen molar-refractivity contribution in [1.82, 2.24) is 0 Å². The van der Waals surface area contributed by atoms with E-state index in [0.29, 0.717) is 0 Å². The molecular formula is C12H9F2N3O2.